The van der Waals surface area contributed by atoms with Crippen LogP contribution < -0.4 is 5.73 Å². The quantitative estimate of drug-likeness (QED) is 0.816. The summed E-state index contributed by atoms with van der Waals surface area (Å²) in [6.07, 6.45) is 7.86. The smallest absolute Gasteiger partial charge is 0.208 e. The fourth-order valence-corrected chi connectivity index (χ4v) is 2.89. The molecular formula is C16H21N5. The van der Waals surface area contributed by atoms with E-state index in [0.717, 1.165) is 23.9 Å². The van der Waals surface area contributed by atoms with Crippen LogP contribution in [0.2, 0.25) is 0 Å². The molecule has 1 saturated carbocycles. The van der Waals surface area contributed by atoms with Gasteiger partial charge in [-0.3, -0.25) is 0 Å². The lowest BCUT2D eigenvalue weighted by Crippen LogP contribution is -2.11. The summed E-state index contributed by atoms with van der Waals surface area (Å²) in [6, 6.07) is 0. The molecule has 0 radical (unpaired) electrons. The molecule has 0 bridgehead atoms. The Kier molecular flexibility index (Phi) is 3.78. The van der Waals surface area contributed by atoms with Crippen LogP contribution in [0.3, 0.4) is 0 Å². The molecule has 0 atom stereocenters. The number of anilines is 1. The van der Waals surface area contributed by atoms with Crippen molar-refractivity contribution in [2.75, 3.05) is 5.73 Å². The van der Waals surface area contributed by atoms with Gasteiger partial charge in [-0.15, -0.1) is 0 Å². The maximum atomic E-state index is 5.91. The molecule has 0 saturated heterocycles. The fourth-order valence-electron chi connectivity index (χ4n) is 2.89. The van der Waals surface area contributed by atoms with Gasteiger partial charge in [0.05, 0.1) is 6.33 Å². The first-order valence-corrected chi connectivity index (χ1v) is 7.57. The van der Waals surface area contributed by atoms with Gasteiger partial charge < -0.3 is 10.3 Å². The van der Waals surface area contributed by atoms with Gasteiger partial charge >= 0.3 is 0 Å². The number of hydrogen-bond acceptors (Lipinski definition) is 4. The minimum atomic E-state index is 0.399. The molecule has 0 unspecified atom stereocenters. The van der Waals surface area contributed by atoms with Crippen molar-refractivity contribution in [2.24, 2.45) is 18.9 Å². The van der Waals surface area contributed by atoms with E-state index in [1.165, 1.54) is 25.7 Å². The summed E-state index contributed by atoms with van der Waals surface area (Å²) in [5, 5.41) is 0. The summed E-state index contributed by atoms with van der Waals surface area (Å²) < 4.78 is 1.83. The SMILES string of the molecule is CC1CCC(CC#Cc2nc(N)c3ncn(C)c3n2)CC1. The molecule has 110 valence electrons. The van der Waals surface area contributed by atoms with Crippen molar-refractivity contribution in [1.29, 1.82) is 0 Å². The van der Waals surface area contributed by atoms with E-state index in [2.05, 4.69) is 33.7 Å². The van der Waals surface area contributed by atoms with E-state index < -0.39 is 0 Å². The number of nitrogen functional groups attached to an aromatic ring is 1. The van der Waals surface area contributed by atoms with Gasteiger partial charge in [-0.1, -0.05) is 25.7 Å². The Morgan fingerprint density at radius 1 is 1.29 bits per heavy atom. The first-order valence-electron chi connectivity index (χ1n) is 7.57. The van der Waals surface area contributed by atoms with Crippen LogP contribution in [0.15, 0.2) is 6.33 Å². The number of aromatic nitrogens is 4. The lowest BCUT2D eigenvalue weighted by atomic mass is 9.81. The molecule has 5 heteroatoms. The molecule has 0 aromatic carbocycles. The Morgan fingerprint density at radius 3 is 2.81 bits per heavy atom. The first-order chi connectivity index (χ1) is 10.1. The highest BCUT2D eigenvalue weighted by atomic mass is 15.1. The van der Waals surface area contributed by atoms with Crippen molar-refractivity contribution >= 4 is 17.0 Å². The predicted octanol–water partition coefficient (Wildman–Crippen LogP) is 2.51. The highest BCUT2D eigenvalue weighted by Crippen LogP contribution is 2.29. The Morgan fingerprint density at radius 2 is 2.05 bits per heavy atom. The molecule has 21 heavy (non-hydrogen) atoms. The van der Waals surface area contributed by atoms with Gasteiger partial charge in [0.25, 0.3) is 0 Å². The van der Waals surface area contributed by atoms with E-state index in [-0.39, 0.29) is 0 Å². The third-order valence-electron chi connectivity index (χ3n) is 4.31. The average molecular weight is 283 g/mol. The average Bonchev–Trinajstić information content (AvgIpc) is 2.83. The Hall–Kier alpha value is -2.09. The molecule has 1 aliphatic carbocycles. The van der Waals surface area contributed by atoms with Crippen LogP contribution in [-0.4, -0.2) is 19.5 Å². The normalized spacial score (nSPS) is 22.0. The van der Waals surface area contributed by atoms with E-state index in [9.17, 15) is 0 Å². The standard InChI is InChI=1S/C16H21N5/c1-11-6-8-12(9-7-11)4-3-5-13-19-15(17)14-16(20-13)21(2)10-18-14/h10-12H,4,6-9H2,1-2H3,(H2,17,19,20). The maximum Gasteiger partial charge on any atom is 0.208 e. The number of fused-ring (bicyclic) bond motifs is 1. The largest absolute Gasteiger partial charge is 0.382 e. The zero-order valence-corrected chi connectivity index (χ0v) is 12.6. The van der Waals surface area contributed by atoms with Crippen LogP contribution in [0.25, 0.3) is 11.2 Å². The summed E-state index contributed by atoms with van der Waals surface area (Å²) in [5.74, 6) is 8.79. The minimum Gasteiger partial charge on any atom is -0.382 e. The highest BCUT2D eigenvalue weighted by molar-refractivity contribution is 5.81. The molecule has 0 amide bonds. The monoisotopic (exact) mass is 283 g/mol. The molecule has 1 fully saturated rings. The summed E-state index contributed by atoms with van der Waals surface area (Å²) in [4.78, 5) is 12.8. The van der Waals surface area contributed by atoms with Crippen LogP contribution >= 0.6 is 0 Å². The Labute approximate surface area is 125 Å². The number of aryl methyl sites for hydroxylation is 1. The van der Waals surface area contributed by atoms with Crippen LogP contribution in [0.4, 0.5) is 5.82 Å². The summed E-state index contributed by atoms with van der Waals surface area (Å²) in [7, 11) is 1.89. The maximum absolute atomic E-state index is 5.91. The molecule has 2 N–H and O–H groups in total. The van der Waals surface area contributed by atoms with Crippen molar-refractivity contribution in [3.63, 3.8) is 0 Å². The van der Waals surface area contributed by atoms with Crippen LogP contribution in [0, 0.1) is 23.7 Å². The van der Waals surface area contributed by atoms with E-state index in [1.54, 1.807) is 6.33 Å². The fraction of sp³-hybridized carbons (Fsp3) is 0.562. The molecule has 1 aliphatic rings. The third-order valence-corrected chi connectivity index (χ3v) is 4.31. The first kappa shape index (κ1) is 13.9. The van der Waals surface area contributed by atoms with Crippen LogP contribution in [-0.2, 0) is 7.05 Å². The molecule has 2 aromatic heterocycles. The van der Waals surface area contributed by atoms with Crippen molar-refractivity contribution in [2.45, 2.75) is 39.0 Å². The molecule has 0 aliphatic heterocycles. The van der Waals surface area contributed by atoms with Crippen LogP contribution in [0.1, 0.15) is 44.9 Å². The van der Waals surface area contributed by atoms with Gasteiger partial charge in [0.15, 0.2) is 11.5 Å². The summed E-state index contributed by atoms with van der Waals surface area (Å²) in [6.45, 7) is 2.33. The molecule has 2 heterocycles. The van der Waals surface area contributed by atoms with Crippen molar-refractivity contribution in [1.82, 2.24) is 19.5 Å². The Balaban J connectivity index is 1.73. The van der Waals surface area contributed by atoms with Gasteiger partial charge in [0.2, 0.25) is 5.82 Å². The summed E-state index contributed by atoms with van der Waals surface area (Å²) >= 11 is 0. The minimum absolute atomic E-state index is 0.399. The van der Waals surface area contributed by atoms with Crippen molar-refractivity contribution < 1.29 is 0 Å². The second-order valence-electron chi connectivity index (χ2n) is 6.09. The number of nitrogens with two attached hydrogens (primary N) is 1. The topological polar surface area (TPSA) is 69.6 Å². The number of rotatable bonds is 1. The number of hydrogen-bond donors (Lipinski definition) is 1. The van der Waals surface area contributed by atoms with Crippen LogP contribution in [0.5, 0.6) is 0 Å². The second-order valence-corrected chi connectivity index (χ2v) is 6.09. The van der Waals surface area contributed by atoms with Crippen molar-refractivity contribution in [3.05, 3.63) is 12.2 Å². The third kappa shape index (κ3) is 2.99. The second kappa shape index (κ2) is 5.72. The lowest BCUT2D eigenvalue weighted by molar-refractivity contribution is 0.294. The lowest BCUT2D eigenvalue weighted by Gasteiger charge is -2.24. The number of nitrogens with zero attached hydrogens (tertiary/aromatic N) is 4. The van der Waals surface area contributed by atoms with E-state index >= 15 is 0 Å². The molecule has 3 rings (SSSR count). The molecule has 5 nitrogen and oxygen atoms in total. The predicted molar refractivity (Wildman–Crippen MR) is 83.3 cm³/mol. The van der Waals surface area contributed by atoms with E-state index in [4.69, 9.17) is 5.73 Å². The highest BCUT2D eigenvalue weighted by Gasteiger charge is 2.17. The zero-order valence-electron chi connectivity index (χ0n) is 12.6. The molecule has 2 aromatic rings. The summed E-state index contributed by atoms with van der Waals surface area (Å²) in [5.41, 5.74) is 7.28. The zero-order chi connectivity index (χ0) is 14.8. The van der Waals surface area contributed by atoms with E-state index in [1.807, 2.05) is 11.6 Å². The van der Waals surface area contributed by atoms with Gasteiger partial charge in [0, 0.05) is 13.5 Å². The Bertz CT molecular complexity index is 699. The molecular weight excluding hydrogens is 262 g/mol. The van der Waals surface area contributed by atoms with Gasteiger partial charge in [-0.05, 0) is 30.6 Å². The van der Waals surface area contributed by atoms with Gasteiger partial charge in [0.1, 0.15) is 5.52 Å². The van der Waals surface area contributed by atoms with Gasteiger partial charge in [-0.25, -0.2) is 15.0 Å². The van der Waals surface area contributed by atoms with E-state index in [0.29, 0.717) is 17.2 Å². The molecule has 0 spiro atoms. The number of imidazole rings is 1. The van der Waals surface area contributed by atoms with Gasteiger partial charge in [-0.2, -0.15) is 0 Å². The van der Waals surface area contributed by atoms with Crippen molar-refractivity contribution in [3.8, 4) is 11.8 Å².